The molecule has 1 nitrogen and oxygen atoms in total. The Hall–Kier alpha value is -0.340. The molecule has 2 heterocycles. The molecule has 80 valence electrons. The number of fused-ring (bicyclic) bond motifs is 2. The molecule has 0 saturated carbocycles. The Bertz CT molecular complexity index is 359. The van der Waals surface area contributed by atoms with E-state index in [1.165, 1.54) is 29.3 Å². The molecule has 0 aliphatic carbocycles. The Morgan fingerprint density at radius 1 is 1.20 bits per heavy atom. The number of benzene rings is 1. The van der Waals surface area contributed by atoms with E-state index in [0.717, 1.165) is 18.0 Å². The largest absolute Gasteiger partial charge is 0.300 e. The summed E-state index contributed by atoms with van der Waals surface area (Å²) in [5, 5.41) is 0. The van der Waals surface area contributed by atoms with Crippen LogP contribution < -0.4 is 0 Å². The van der Waals surface area contributed by atoms with Crippen LogP contribution in [-0.2, 0) is 0 Å². The molecule has 3 atom stereocenters. The quantitative estimate of drug-likeness (QED) is 0.705. The molecular formula is C13H16BrN. The van der Waals surface area contributed by atoms with Gasteiger partial charge in [-0.15, -0.1) is 0 Å². The van der Waals surface area contributed by atoms with Gasteiger partial charge in [-0.05, 0) is 44.0 Å². The minimum atomic E-state index is 0.779. The summed E-state index contributed by atoms with van der Waals surface area (Å²) < 4.78 is 1.18. The van der Waals surface area contributed by atoms with Gasteiger partial charge in [-0.3, -0.25) is 4.90 Å². The lowest BCUT2D eigenvalue weighted by Crippen LogP contribution is -2.25. The lowest BCUT2D eigenvalue weighted by Gasteiger charge is -2.21. The van der Waals surface area contributed by atoms with E-state index in [1.807, 2.05) is 0 Å². The lowest BCUT2D eigenvalue weighted by atomic mass is 9.84. The van der Waals surface area contributed by atoms with Crippen molar-refractivity contribution in [1.82, 2.24) is 4.90 Å². The van der Waals surface area contributed by atoms with E-state index < -0.39 is 0 Å². The molecule has 1 aromatic rings. The molecule has 3 rings (SSSR count). The summed E-state index contributed by atoms with van der Waals surface area (Å²) in [5.41, 5.74) is 1.53. The van der Waals surface area contributed by atoms with E-state index in [1.54, 1.807) is 0 Å². The monoisotopic (exact) mass is 266 g/mol. The number of rotatable bonds is 1. The van der Waals surface area contributed by atoms with Crippen LogP contribution in [0.3, 0.4) is 0 Å². The smallest absolute Gasteiger partial charge is 0.0175 e. The van der Waals surface area contributed by atoms with Crippen LogP contribution in [0.5, 0.6) is 0 Å². The van der Waals surface area contributed by atoms with Crippen molar-refractivity contribution < 1.29 is 0 Å². The lowest BCUT2D eigenvalue weighted by molar-refractivity contribution is 0.307. The fourth-order valence-electron chi connectivity index (χ4n) is 3.33. The second kappa shape index (κ2) is 3.60. The SMILES string of the molecule is [13CH3]N1[C@H]2CC[C@@H]1[C@@H](c1ccc(Br)cc1)C2. The summed E-state index contributed by atoms with van der Waals surface area (Å²) in [7, 11) is 2.29. The molecule has 0 spiro atoms. The van der Waals surface area contributed by atoms with Gasteiger partial charge in [0.05, 0.1) is 0 Å². The molecule has 0 radical (unpaired) electrons. The van der Waals surface area contributed by atoms with Crippen LogP contribution in [0.4, 0.5) is 0 Å². The van der Waals surface area contributed by atoms with Crippen molar-refractivity contribution in [3.63, 3.8) is 0 Å². The summed E-state index contributed by atoms with van der Waals surface area (Å²) in [4.78, 5) is 2.59. The number of likely N-dealkylation sites (N-methyl/N-ethyl adjacent to an activating group) is 1. The molecule has 2 heteroatoms. The van der Waals surface area contributed by atoms with Crippen molar-refractivity contribution in [3.8, 4) is 0 Å². The highest BCUT2D eigenvalue weighted by Gasteiger charge is 2.44. The minimum Gasteiger partial charge on any atom is -0.300 e. The van der Waals surface area contributed by atoms with E-state index in [4.69, 9.17) is 0 Å². The van der Waals surface area contributed by atoms with Gasteiger partial charge in [-0.2, -0.15) is 0 Å². The zero-order valence-electron chi connectivity index (χ0n) is 8.99. The third-order valence-electron chi connectivity index (χ3n) is 4.18. The number of hydrogen-bond donors (Lipinski definition) is 0. The second-order valence-corrected chi connectivity index (χ2v) is 5.77. The van der Waals surface area contributed by atoms with E-state index in [9.17, 15) is 0 Å². The standard InChI is InChI=1S/C13H16BrN/c1-15-11-6-7-13(15)12(8-11)9-2-4-10(14)5-3-9/h2-5,11-13H,6-8H2,1H3/t11-,12+,13+/m0/s1/i1+1. The van der Waals surface area contributed by atoms with E-state index in [0.29, 0.717) is 0 Å². The second-order valence-electron chi connectivity index (χ2n) is 4.86. The fraction of sp³-hybridized carbons (Fsp3) is 0.538. The van der Waals surface area contributed by atoms with Crippen LogP contribution in [0.2, 0.25) is 0 Å². The normalized spacial score (nSPS) is 34.9. The van der Waals surface area contributed by atoms with Crippen LogP contribution in [0.25, 0.3) is 0 Å². The first kappa shape index (κ1) is 9.86. The number of halogens is 1. The van der Waals surface area contributed by atoms with E-state index in [-0.39, 0.29) is 0 Å². The number of nitrogens with zero attached hydrogens (tertiary/aromatic N) is 1. The summed E-state index contributed by atoms with van der Waals surface area (Å²) in [6.45, 7) is 0. The maximum Gasteiger partial charge on any atom is 0.0175 e. The van der Waals surface area contributed by atoms with Crippen LogP contribution >= 0.6 is 15.9 Å². The Morgan fingerprint density at radius 3 is 2.47 bits per heavy atom. The van der Waals surface area contributed by atoms with Crippen LogP contribution in [0.15, 0.2) is 28.7 Å². The molecule has 1 aromatic carbocycles. The third-order valence-corrected chi connectivity index (χ3v) is 4.71. The highest BCUT2D eigenvalue weighted by Crippen LogP contribution is 2.45. The van der Waals surface area contributed by atoms with Gasteiger partial charge in [-0.25, -0.2) is 0 Å². The predicted molar refractivity (Wildman–Crippen MR) is 66.1 cm³/mol. The maximum absolute atomic E-state index is 3.50. The van der Waals surface area contributed by atoms with Gasteiger partial charge in [0, 0.05) is 22.5 Å². The average molecular weight is 267 g/mol. The molecule has 2 aliphatic rings. The van der Waals surface area contributed by atoms with Crippen LogP contribution in [0, 0.1) is 0 Å². The van der Waals surface area contributed by atoms with E-state index in [2.05, 4.69) is 52.1 Å². The molecule has 2 fully saturated rings. The molecule has 2 aliphatic heterocycles. The summed E-state index contributed by atoms with van der Waals surface area (Å²) in [6.07, 6.45) is 4.17. The topological polar surface area (TPSA) is 3.24 Å². The molecule has 0 aromatic heterocycles. The summed E-state index contributed by atoms with van der Waals surface area (Å²) in [5.74, 6) is 0.779. The Labute approximate surface area is 99.6 Å². The average Bonchev–Trinajstić information content (AvgIpc) is 2.75. The molecule has 2 bridgehead atoms. The van der Waals surface area contributed by atoms with Crippen molar-refractivity contribution >= 4 is 15.9 Å². The zero-order valence-corrected chi connectivity index (χ0v) is 10.6. The van der Waals surface area contributed by atoms with Gasteiger partial charge in [0.1, 0.15) is 0 Å². The third kappa shape index (κ3) is 1.55. The minimum absolute atomic E-state index is 0.779. The first-order valence-electron chi connectivity index (χ1n) is 5.73. The van der Waals surface area contributed by atoms with Crippen molar-refractivity contribution in [2.24, 2.45) is 0 Å². The first-order chi connectivity index (χ1) is 7.25. The highest BCUT2D eigenvalue weighted by molar-refractivity contribution is 9.10. The predicted octanol–water partition coefficient (Wildman–Crippen LogP) is 3.40. The van der Waals surface area contributed by atoms with Crippen molar-refractivity contribution in [3.05, 3.63) is 34.3 Å². The van der Waals surface area contributed by atoms with Gasteiger partial charge >= 0.3 is 0 Å². The Morgan fingerprint density at radius 2 is 1.93 bits per heavy atom. The van der Waals surface area contributed by atoms with E-state index >= 15 is 0 Å². The molecule has 0 N–H and O–H groups in total. The van der Waals surface area contributed by atoms with Gasteiger partial charge in [0.2, 0.25) is 0 Å². The number of hydrogen-bond acceptors (Lipinski definition) is 1. The Balaban J connectivity index is 1.87. The molecule has 0 unspecified atom stereocenters. The van der Waals surface area contributed by atoms with Crippen molar-refractivity contribution in [2.75, 3.05) is 7.05 Å². The van der Waals surface area contributed by atoms with Gasteiger partial charge in [0.25, 0.3) is 0 Å². The summed E-state index contributed by atoms with van der Waals surface area (Å²) in [6, 6.07) is 10.6. The van der Waals surface area contributed by atoms with Crippen molar-refractivity contribution in [1.29, 1.82) is 0 Å². The zero-order chi connectivity index (χ0) is 10.4. The molecule has 2 saturated heterocycles. The molecule has 0 amide bonds. The van der Waals surface area contributed by atoms with Gasteiger partial charge in [-0.1, -0.05) is 28.1 Å². The maximum atomic E-state index is 3.50. The van der Waals surface area contributed by atoms with Crippen molar-refractivity contribution in [2.45, 2.75) is 37.3 Å². The fourth-order valence-corrected chi connectivity index (χ4v) is 3.59. The highest BCUT2D eigenvalue weighted by atomic mass is 79.9. The van der Waals surface area contributed by atoms with Gasteiger partial charge in [0.15, 0.2) is 0 Å². The Kier molecular flexibility index (Phi) is 2.37. The van der Waals surface area contributed by atoms with Gasteiger partial charge < -0.3 is 0 Å². The van der Waals surface area contributed by atoms with Crippen LogP contribution in [-0.4, -0.2) is 24.0 Å². The molecule has 15 heavy (non-hydrogen) atoms. The van der Waals surface area contributed by atoms with Crippen LogP contribution in [0.1, 0.15) is 30.7 Å². The summed E-state index contributed by atoms with van der Waals surface area (Å²) >= 11 is 3.50. The first-order valence-corrected chi connectivity index (χ1v) is 6.52. The molecular weight excluding hydrogens is 251 g/mol.